The number of halogens is 1. The zero-order valence-corrected chi connectivity index (χ0v) is 17.3. The molecule has 14 heteroatoms. The Labute approximate surface area is 176 Å². The topological polar surface area (TPSA) is 161 Å². The van der Waals surface area contributed by atoms with Crippen LogP contribution in [0.4, 0.5) is 10.2 Å². The number of rotatable bonds is 9. The monoisotopic (exact) mass is 439 g/mol. The Balaban J connectivity index is 2.43. The predicted molar refractivity (Wildman–Crippen MR) is 103 cm³/mol. The second kappa shape index (κ2) is 10.5. The van der Waals surface area contributed by atoms with Gasteiger partial charge in [0.15, 0.2) is 35.8 Å². The summed E-state index contributed by atoms with van der Waals surface area (Å²) in [6.45, 7) is 1.43. The number of Topliss-reactive ketones (excluding diaryl/α,β-unsaturated/α-hetero) is 1. The van der Waals surface area contributed by atoms with Gasteiger partial charge < -0.3 is 19.1 Å². The molecule has 0 radical (unpaired) electrons. The lowest BCUT2D eigenvalue weighted by molar-refractivity contribution is -0.156. The van der Waals surface area contributed by atoms with E-state index in [-0.39, 0.29) is 18.1 Å². The average molecular weight is 439 g/mol. The summed E-state index contributed by atoms with van der Waals surface area (Å²) in [4.78, 5) is 47.1. The molecule has 4 atom stereocenters. The molecule has 0 saturated carbocycles. The maximum atomic E-state index is 15.3. The Bertz CT molecular complexity index is 911. The van der Waals surface area contributed by atoms with Crippen molar-refractivity contribution in [3.8, 4) is 0 Å². The minimum Gasteiger partial charge on any atom is -0.463 e. The zero-order valence-electron chi connectivity index (χ0n) is 17.3. The van der Waals surface area contributed by atoms with Crippen molar-refractivity contribution in [1.82, 2.24) is 14.5 Å². The van der Waals surface area contributed by atoms with E-state index < -0.39 is 48.9 Å². The summed E-state index contributed by atoms with van der Waals surface area (Å²) in [5, 5.41) is 3.21. The SMILES string of the molecule is CC(=O)OC[C@H]1O[C@@H](n2cnc(C(=O)CN=[N+]=[N-])c2N=CN(C)C)[C@H](F)[C@@H]1OC(C)=O. The molecule has 1 aromatic heterocycles. The Morgan fingerprint density at radius 2 is 2.10 bits per heavy atom. The second-order valence-electron chi connectivity index (χ2n) is 6.73. The highest BCUT2D eigenvalue weighted by Crippen LogP contribution is 2.37. The van der Waals surface area contributed by atoms with Gasteiger partial charge in [-0.15, -0.1) is 0 Å². The van der Waals surface area contributed by atoms with Crippen molar-refractivity contribution in [3.63, 3.8) is 0 Å². The first-order chi connectivity index (χ1) is 14.6. The van der Waals surface area contributed by atoms with E-state index in [2.05, 4.69) is 20.0 Å². The minimum atomic E-state index is -1.88. The molecule has 1 aromatic rings. The number of nitrogens with zero attached hydrogens (tertiary/aromatic N) is 7. The lowest BCUT2D eigenvalue weighted by Crippen LogP contribution is -2.36. The fraction of sp³-hybridized carbons (Fsp3) is 0.588. The van der Waals surface area contributed by atoms with Crippen molar-refractivity contribution >= 4 is 29.9 Å². The number of azide groups is 1. The van der Waals surface area contributed by atoms with Gasteiger partial charge >= 0.3 is 11.9 Å². The summed E-state index contributed by atoms with van der Waals surface area (Å²) in [7, 11) is 3.36. The van der Waals surface area contributed by atoms with E-state index in [0.29, 0.717) is 0 Å². The summed E-state index contributed by atoms with van der Waals surface area (Å²) in [5.41, 5.74) is 8.28. The Kier molecular flexibility index (Phi) is 8.05. The average Bonchev–Trinajstić information content (AvgIpc) is 3.24. The van der Waals surface area contributed by atoms with Crippen LogP contribution >= 0.6 is 0 Å². The van der Waals surface area contributed by atoms with Crippen molar-refractivity contribution in [2.24, 2.45) is 10.1 Å². The molecule has 0 amide bonds. The first kappa shape index (κ1) is 23.8. The van der Waals surface area contributed by atoms with Gasteiger partial charge in [-0.2, -0.15) is 0 Å². The summed E-state index contributed by atoms with van der Waals surface area (Å²) < 4.78 is 32.0. The number of esters is 2. The van der Waals surface area contributed by atoms with Crippen molar-refractivity contribution < 1.29 is 33.0 Å². The number of ether oxygens (including phenoxy) is 3. The highest BCUT2D eigenvalue weighted by Gasteiger charge is 2.49. The Morgan fingerprint density at radius 1 is 1.39 bits per heavy atom. The minimum absolute atomic E-state index is 0.0470. The summed E-state index contributed by atoms with van der Waals surface area (Å²) >= 11 is 0. The van der Waals surface area contributed by atoms with Crippen molar-refractivity contribution in [2.45, 2.75) is 38.5 Å². The van der Waals surface area contributed by atoms with Crippen LogP contribution in [0.3, 0.4) is 0 Å². The molecule has 0 unspecified atom stereocenters. The maximum Gasteiger partial charge on any atom is 0.303 e. The first-order valence-electron chi connectivity index (χ1n) is 9.07. The van der Waals surface area contributed by atoms with Crippen LogP contribution in [0.1, 0.15) is 30.6 Å². The Morgan fingerprint density at radius 3 is 2.68 bits per heavy atom. The van der Waals surface area contributed by atoms with Gasteiger partial charge in [0.2, 0.25) is 0 Å². The number of aliphatic imine (C=N–C) groups is 1. The maximum absolute atomic E-state index is 15.3. The van der Waals surface area contributed by atoms with E-state index in [1.54, 1.807) is 19.0 Å². The molecule has 0 aromatic carbocycles. The van der Waals surface area contributed by atoms with E-state index in [1.807, 2.05) is 0 Å². The van der Waals surface area contributed by atoms with Gasteiger partial charge in [0.25, 0.3) is 0 Å². The molecule has 0 spiro atoms. The van der Waals surface area contributed by atoms with Gasteiger partial charge in [-0.25, -0.2) is 14.4 Å². The molecule has 1 aliphatic rings. The van der Waals surface area contributed by atoms with Crippen LogP contribution < -0.4 is 0 Å². The van der Waals surface area contributed by atoms with E-state index >= 15 is 4.39 Å². The van der Waals surface area contributed by atoms with E-state index in [4.69, 9.17) is 19.7 Å². The lowest BCUT2D eigenvalue weighted by Gasteiger charge is -2.18. The van der Waals surface area contributed by atoms with Gasteiger partial charge in [0.1, 0.15) is 12.7 Å². The summed E-state index contributed by atoms with van der Waals surface area (Å²) in [6, 6.07) is 0. The number of carbonyl (C=O) groups excluding carboxylic acids is 3. The quantitative estimate of drug-likeness (QED) is 0.106. The van der Waals surface area contributed by atoms with Crippen LogP contribution in [0, 0.1) is 0 Å². The third kappa shape index (κ3) is 5.99. The molecular weight excluding hydrogens is 417 g/mol. The largest absolute Gasteiger partial charge is 0.463 e. The number of hydrogen-bond donors (Lipinski definition) is 0. The van der Waals surface area contributed by atoms with Crippen LogP contribution in [0.5, 0.6) is 0 Å². The molecule has 168 valence electrons. The first-order valence-corrected chi connectivity index (χ1v) is 9.07. The molecular formula is C17H22FN7O6. The standard InChI is InChI=1S/C17H22FN7O6/c1-9(26)29-6-12-15(30-10(2)27)13(18)17(31-12)25-8-20-14(11(28)5-22-23-19)16(25)21-7-24(3)4/h7-8,12-13,15,17H,5-6H2,1-4H3/t12-,13-,15-,17-/m1/s1. The van der Waals surface area contributed by atoms with Crippen molar-refractivity contribution in [3.05, 3.63) is 22.5 Å². The van der Waals surface area contributed by atoms with Gasteiger partial charge in [0.05, 0.1) is 19.2 Å². The number of carbonyl (C=O) groups is 3. The molecule has 0 N–H and O–H groups in total. The third-order valence-electron chi connectivity index (χ3n) is 4.01. The molecule has 2 heterocycles. The number of aromatic nitrogens is 2. The molecule has 1 fully saturated rings. The zero-order chi connectivity index (χ0) is 23.1. The summed E-state index contributed by atoms with van der Waals surface area (Å²) in [5.74, 6) is -2.04. The Hall–Kier alpha value is -3.51. The number of hydrogen-bond acceptors (Lipinski definition) is 9. The molecule has 1 aliphatic heterocycles. The fourth-order valence-corrected chi connectivity index (χ4v) is 2.79. The molecule has 31 heavy (non-hydrogen) atoms. The number of imidazole rings is 1. The van der Waals surface area contributed by atoms with Crippen LogP contribution in [0.25, 0.3) is 10.4 Å². The van der Waals surface area contributed by atoms with Crippen LogP contribution in [-0.2, 0) is 23.8 Å². The van der Waals surface area contributed by atoms with Gasteiger partial charge in [-0.3, -0.25) is 19.0 Å². The van der Waals surface area contributed by atoms with E-state index in [9.17, 15) is 14.4 Å². The fourth-order valence-electron chi connectivity index (χ4n) is 2.79. The van der Waals surface area contributed by atoms with E-state index in [1.165, 1.54) is 13.3 Å². The molecule has 13 nitrogen and oxygen atoms in total. The van der Waals surface area contributed by atoms with Crippen molar-refractivity contribution in [1.29, 1.82) is 0 Å². The highest BCUT2D eigenvalue weighted by atomic mass is 19.1. The van der Waals surface area contributed by atoms with Crippen LogP contribution in [0.15, 0.2) is 16.4 Å². The smallest absolute Gasteiger partial charge is 0.303 e. The molecule has 0 aliphatic carbocycles. The van der Waals surface area contributed by atoms with Crippen LogP contribution in [0.2, 0.25) is 0 Å². The number of alkyl halides is 1. The summed E-state index contributed by atoms with van der Waals surface area (Å²) in [6.07, 6.45) is -3.22. The predicted octanol–water partition coefficient (Wildman–Crippen LogP) is 1.33. The molecule has 2 rings (SSSR count). The highest BCUT2D eigenvalue weighted by molar-refractivity contribution is 6.00. The third-order valence-corrected chi connectivity index (χ3v) is 4.01. The van der Waals surface area contributed by atoms with Gasteiger partial charge in [-0.05, 0) is 5.53 Å². The van der Waals surface area contributed by atoms with Gasteiger partial charge in [0, 0.05) is 32.9 Å². The molecule has 0 bridgehead atoms. The normalized spacial score (nSPS) is 22.7. The van der Waals surface area contributed by atoms with E-state index in [0.717, 1.165) is 17.8 Å². The second-order valence-corrected chi connectivity index (χ2v) is 6.73. The van der Waals surface area contributed by atoms with Gasteiger partial charge in [-0.1, -0.05) is 5.11 Å². The van der Waals surface area contributed by atoms with Crippen LogP contribution in [-0.4, -0.2) is 84.1 Å². The molecule has 1 saturated heterocycles. The number of ketones is 1. The lowest BCUT2D eigenvalue weighted by atomic mass is 10.1. The van der Waals surface area contributed by atoms with Crippen molar-refractivity contribution in [2.75, 3.05) is 27.2 Å².